The molecule has 0 saturated carbocycles. The molecule has 35 heavy (non-hydrogen) atoms. The third-order valence-electron chi connectivity index (χ3n) is 4.51. The summed E-state index contributed by atoms with van der Waals surface area (Å²) in [6, 6.07) is 1.52. The van der Waals surface area contributed by atoms with Crippen molar-refractivity contribution in [1.29, 1.82) is 0 Å². The zero-order valence-electron chi connectivity index (χ0n) is 17.6. The molecule has 4 aromatic rings. The number of halogens is 4. The van der Waals surface area contributed by atoms with Crippen molar-refractivity contribution >= 4 is 40.6 Å². The third kappa shape index (κ3) is 5.60. The second-order valence-electron chi connectivity index (χ2n) is 6.99. The summed E-state index contributed by atoms with van der Waals surface area (Å²) in [6.45, 7) is 1.66. The SMILES string of the molecule is CC(NC(=O)c1cc(-c2ncc[nH]2)ncn1)c1ncc(C(=O)Nc2cc(C(F)(F)F)c(Cl)cn2)s1. The first-order chi connectivity index (χ1) is 16.6. The largest absolute Gasteiger partial charge is 0.418 e. The van der Waals surface area contributed by atoms with Crippen LogP contribution in [0.5, 0.6) is 0 Å². The number of nitrogens with one attached hydrogen (secondary N) is 3. The highest BCUT2D eigenvalue weighted by Gasteiger charge is 2.34. The van der Waals surface area contributed by atoms with Crippen molar-refractivity contribution in [3.63, 3.8) is 0 Å². The summed E-state index contributed by atoms with van der Waals surface area (Å²) in [5.41, 5.74) is -0.590. The summed E-state index contributed by atoms with van der Waals surface area (Å²) < 4.78 is 39.1. The number of thiazole rings is 1. The second-order valence-corrected chi connectivity index (χ2v) is 8.45. The summed E-state index contributed by atoms with van der Waals surface area (Å²) in [5, 5.41) is 4.82. The number of hydrogen-bond acceptors (Lipinski definition) is 8. The molecule has 10 nitrogen and oxygen atoms in total. The number of hydrogen-bond donors (Lipinski definition) is 3. The number of carbonyl (C=O) groups excluding carboxylic acids is 2. The number of imidazole rings is 1. The summed E-state index contributed by atoms with van der Waals surface area (Å²) >= 11 is 6.50. The summed E-state index contributed by atoms with van der Waals surface area (Å²) in [7, 11) is 0. The van der Waals surface area contributed by atoms with Crippen LogP contribution in [0.1, 0.15) is 43.7 Å². The molecule has 0 saturated heterocycles. The van der Waals surface area contributed by atoms with Gasteiger partial charge in [0.2, 0.25) is 0 Å². The minimum absolute atomic E-state index is 0.0991. The molecule has 0 aromatic carbocycles. The van der Waals surface area contributed by atoms with E-state index in [1.165, 1.54) is 18.6 Å². The lowest BCUT2D eigenvalue weighted by atomic mass is 10.2. The van der Waals surface area contributed by atoms with Gasteiger partial charge in [-0.25, -0.2) is 24.9 Å². The standard InChI is InChI=1S/C20H14ClF3N8O2S/c1-9(31-17(33)13-5-12(29-8-30-13)16-25-2-3-26-16)19-28-7-14(35-19)18(34)32-15-4-10(20(22,23)24)11(21)6-27-15/h2-9H,1H3,(H,25,26)(H,31,33)(H,27,32,34). The maximum atomic E-state index is 13.0. The lowest BCUT2D eigenvalue weighted by molar-refractivity contribution is -0.137. The Labute approximate surface area is 204 Å². The lowest BCUT2D eigenvalue weighted by Crippen LogP contribution is -2.27. The average Bonchev–Trinajstić information content (AvgIpc) is 3.52. The Kier molecular flexibility index (Phi) is 6.75. The second kappa shape index (κ2) is 9.76. The maximum Gasteiger partial charge on any atom is 0.418 e. The van der Waals surface area contributed by atoms with Gasteiger partial charge in [0.15, 0.2) is 5.82 Å². The van der Waals surface area contributed by atoms with E-state index in [1.54, 1.807) is 19.3 Å². The molecule has 180 valence electrons. The van der Waals surface area contributed by atoms with Crippen LogP contribution in [0.25, 0.3) is 11.5 Å². The van der Waals surface area contributed by atoms with Crippen molar-refractivity contribution in [2.75, 3.05) is 5.32 Å². The van der Waals surface area contributed by atoms with Gasteiger partial charge in [-0.05, 0) is 19.1 Å². The molecule has 0 bridgehead atoms. The number of carbonyl (C=O) groups is 2. The van der Waals surface area contributed by atoms with Gasteiger partial charge in [-0.3, -0.25) is 9.59 Å². The molecule has 0 radical (unpaired) electrons. The highest BCUT2D eigenvalue weighted by atomic mass is 35.5. The van der Waals surface area contributed by atoms with E-state index >= 15 is 0 Å². The molecule has 0 aliphatic carbocycles. The third-order valence-corrected chi connectivity index (χ3v) is 5.99. The van der Waals surface area contributed by atoms with Gasteiger partial charge in [0, 0.05) is 18.6 Å². The van der Waals surface area contributed by atoms with Gasteiger partial charge in [-0.1, -0.05) is 11.6 Å². The van der Waals surface area contributed by atoms with Gasteiger partial charge in [0.25, 0.3) is 11.8 Å². The Hall–Kier alpha value is -3.91. The Balaban J connectivity index is 1.42. The Morgan fingerprint density at radius 2 is 1.89 bits per heavy atom. The highest BCUT2D eigenvalue weighted by molar-refractivity contribution is 7.13. The number of anilines is 1. The molecule has 4 aromatic heterocycles. The van der Waals surface area contributed by atoms with Gasteiger partial charge in [0.05, 0.1) is 22.8 Å². The van der Waals surface area contributed by atoms with E-state index in [2.05, 4.69) is 40.5 Å². The van der Waals surface area contributed by atoms with Crippen molar-refractivity contribution in [2.45, 2.75) is 19.1 Å². The van der Waals surface area contributed by atoms with E-state index in [0.29, 0.717) is 22.6 Å². The van der Waals surface area contributed by atoms with E-state index in [0.717, 1.165) is 17.5 Å². The molecule has 0 aliphatic heterocycles. The molecular weight excluding hydrogens is 509 g/mol. The van der Waals surface area contributed by atoms with E-state index in [4.69, 9.17) is 11.6 Å². The first kappa shape index (κ1) is 24.2. The van der Waals surface area contributed by atoms with E-state index in [9.17, 15) is 22.8 Å². The fraction of sp³-hybridized carbons (Fsp3) is 0.150. The molecule has 4 heterocycles. The van der Waals surface area contributed by atoms with Crippen LogP contribution in [0.4, 0.5) is 19.0 Å². The summed E-state index contributed by atoms with van der Waals surface area (Å²) in [6.07, 6.45) is 1.76. The van der Waals surface area contributed by atoms with Gasteiger partial charge in [0.1, 0.15) is 33.4 Å². The minimum atomic E-state index is -4.70. The molecule has 0 spiro atoms. The Morgan fingerprint density at radius 3 is 2.60 bits per heavy atom. The normalized spacial score (nSPS) is 12.3. The minimum Gasteiger partial charge on any atom is -0.343 e. The highest BCUT2D eigenvalue weighted by Crippen LogP contribution is 2.35. The quantitative estimate of drug-likeness (QED) is 0.346. The van der Waals surface area contributed by atoms with Crippen LogP contribution in [0, 0.1) is 0 Å². The molecule has 2 amide bonds. The molecule has 15 heteroatoms. The Morgan fingerprint density at radius 1 is 1.09 bits per heavy atom. The average molecular weight is 523 g/mol. The molecule has 1 atom stereocenters. The van der Waals surface area contributed by atoms with Crippen LogP contribution in [0.2, 0.25) is 5.02 Å². The number of amides is 2. The molecule has 0 aliphatic rings. The molecule has 3 N–H and O–H groups in total. The van der Waals surface area contributed by atoms with Crippen LogP contribution in [0.3, 0.4) is 0 Å². The van der Waals surface area contributed by atoms with E-state index in [-0.39, 0.29) is 16.4 Å². The molecule has 1 unspecified atom stereocenters. The number of aromatic amines is 1. The number of H-pyrrole nitrogens is 1. The predicted octanol–water partition coefficient (Wildman–Crippen LogP) is 4.13. The lowest BCUT2D eigenvalue weighted by Gasteiger charge is -2.11. The molecule has 4 rings (SSSR count). The van der Waals surface area contributed by atoms with Crippen molar-refractivity contribution in [2.24, 2.45) is 0 Å². The van der Waals surface area contributed by atoms with Crippen LogP contribution in [0.15, 0.2) is 43.2 Å². The van der Waals surface area contributed by atoms with E-state index in [1.807, 2.05) is 0 Å². The Bertz CT molecular complexity index is 1380. The van der Waals surface area contributed by atoms with Crippen LogP contribution in [-0.2, 0) is 6.18 Å². The van der Waals surface area contributed by atoms with Crippen LogP contribution < -0.4 is 10.6 Å². The molecular formula is C20H14ClF3N8O2S. The van der Waals surface area contributed by atoms with Crippen LogP contribution in [-0.4, -0.2) is 41.7 Å². The number of pyridine rings is 1. The van der Waals surface area contributed by atoms with Crippen molar-refractivity contribution in [1.82, 2.24) is 35.2 Å². The van der Waals surface area contributed by atoms with Crippen LogP contribution >= 0.6 is 22.9 Å². The van der Waals surface area contributed by atoms with Gasteiger partial charge in [-0.15, -0.1) is 11.3 Å². The summed E-state index contributed by atoms with van der Waals surface area (Å²) in [5.74, 6) is -1.06. The molecule has 0 fully saturated rings. The van der Waals surface area contributed by atoms with Crippen molar-refractivity contribution in [3.8, 4) is 11.5 Å². The number of nitrogens with zero attached hydrogens (tertiary/aromatic N) is 5. The zero-order chi connectivity index (χ0) is 25.2. The summed E-state index contributed by atoms with van der Waals surface area (Å²) in [4.78, 5) is 48.0. The van der Waals surface area contributed by atoms with Crippen molar-refractivity contribution in [3.05, 3.63) is 69.4 Å². The fourth-order valence-electron chi connectivity index (χ4n) is 2.84. The monoisotopic (exact) mass is 522 g/mol. The number of rotatable bonds is 6. The smallest absolute Gasteiger partial charge is 0.343 e. The predicted molar refractivity (Wildman–Crippen MR) is 120 cm³/mol. The maximum absolute atomic E-state index is 13.0. The fourth-order valence-corrected chi connectivity index (χ4v) is 3.87. The zero-order valence-corrected chi connectivity index (χ0v) is 19.2. The topological polar surface area (TPSA) is 138 Å². The van der Waals surface area contributed by atoms with E-state index < -0.39 is 34.6 Å². The van der Waals surface area contributed by atoms with Crippen molar-refractivity contribution < 1.29 is 22.8 Å². The first-order valence-corrected chi connectivity index (χ1v) is 10.9. The first-order valence-electron chi connectivity index (χ1n) is 9.74. The van der Waals surface area contributed by atoms with Gasteiger partial charge < -0.3 is 15.6 Å². The van der Waals surface area contributed by atoms with Gasteiger partial charge >= 0.3 is 6.18 Å². The van der Waals surface area contributed by atoms with Gasteiger partial charge in [-0.2, -0.15) is 13.2 Å². The number of aromatic nitrogens is 6. The number of alkyl halides is 3.